The van der Waals surface area contributed by atoms with Crippen LogP contribution in [0.5, 0.6) is 0 Å². The Morgan fingerprint density at radius 1 is 1.14 bits per heavy atom. The van der Waals surface area contributed by atoms with Crippen LogP contribution in [-0.2, 0) is 0 Å². The SMILES string of the molecule is CC1(C)CCN2C=C3CCC45CCCC(CCC4)B5N3C2=N1. The summed E-state index contributed by atoms with van der Waals surface area (Å²) in [5.41, 5.74) is 1.69. The van der Waals surface area contributed by atoms with Crippen LogP contribution in [0.15, 0.2) is 16.9 Å². The van der Waals surface area contributed by atoms with Crippen LogP contribution in [0.2, 0.25) is 11.1 Å². The fourth-order valence-electron chi connectivity index (χ4n) is 6.13. The maximum Gasteiger partial charge on any atom is 0.273 e. The van der Waals surface area contributed by atoms with Gasteiger partial charge in [0.15, 0.2) is 5.96 Å². The molecule has 3 fully saturated rings. The van der Waals surface area contributed by atoms with Gasteiger partial charge in [-0.25, -0.2) is 4.99 Å². The topological polar surface area (TPSA) is 18.8 Å². The Morgan fingerprint density at radius 2 is 1.91 bits per heavy atom. The Kier molecular flexibility index (Phi) is 2.66. The first-order chi connectivity index (χ1) is 10.6. The first-order valence-corrected chi connectivity index (χ1v) is 9.45. The van der Waals surface area contributed by atoms with E-state index in [4.69, 9.17) is 4.99 Å². The molecule has 0 aromatic rings. The van der Waals surface area contributed by atoms with Crippen LogP contribution in [0, 0.1) is 0 Å². The molecule has 0 amide bonds. The second-order valence-electron chi connectivity index (χ2n) is 9.01. The van der Waals surface area contributed by atoms with Crippen molar-refractivity contribution in [3.8, 4) is 0 Å². The van der Waals surface area contributed by atoms with Crippen molar-refractivity contribution in [1.29, 1.82) is 0 Å². The Bertz CT molecular complexity index is 555. The minimum absolute atomic E-state index is 0.115. The smallest absolute Gasteiger partial charge is 0.273 e. The van der Waals surface area contributed by atoms with Gasteiger partial charge in [-0.15, -0.1) is 0 Å². The van der Waals surface area contributed by atoms with E-state index in [1.165, 1.54) is 63.7 Å². The lowest BCUT2D eigenvalue weighted by Crippen LogP contribution is -2.60. The maximum atomic E-state index is 5.19. The first-order valence-electron chi connectivity index (χ1n) is 9.45. The molecular formula is C18H28BN3. The highest BCUT2D eigenvalue weighted by Gasteiger charge is 2.59. The standard InChI is InChI=1S/C18H28BN3/c1-17(2)11-12-21-13-15-7-10-18-8-3-5-14(6-4-9-18)19(18)22(15)16(21)20-17/h13-14H,3-12H2,1-2H3. The normalized spacial score (nSPS) is 38.8. The lowest BCUT2D eigenvalue weighted by Gasteiger charge is -2.57. The molecule has 3 nitrogen and oxygen atoms in total. The van der Waals surface area contributed by atoms with Gasteiger partial charge in [0.1, 0.15) is 0 Å². The van der Waals surface area contributed by atoms with E-state index in [1.54, 1.807) is 5.70 Å². The number of hydrogen-bond donors (Lipinski definition) is 0. The molecule has 2 bridgehead atoms. The molecule has 5 aliphatic rings. The Labute approximate surface area is 134 Å². The van der Waals surface area contributed by atoms with E-state index in [9.17, 15) is 0 Å². The van der Waals surface area contributed by atoms with Crippen molar-refractivity contribution < 1.29 is 0 Å². The summed E-state index contributed by atoms with van der Waals surface area (Å²) in [6, 6.07) is 0. The highest BCUT2D eigenvalue weighted by atomic mass is 15.4. The van der Waals surface area contributed by atoms with Crippen LogP contribution in [-0.4, -0.2) is 34.6 Å². The van der Waals surface area contributed by atoms with Gasteiger partial charge in [-0.05, 0) is 44.2 Å². The lowest BCUT2D eigenvalue weighted by molar-refractivity contribution is 0.280. The van der Waals surface area contributed by atoms with Gasteiger partial charge in [-0.1, -0.05) is 38.5 Å². The third-order valence-electron chi connectivity index (χ3n) is 7.18. The van der Waals surface area contributed by atoms with E-state index >= 15 is 0 Å². The average molecular weight is 297 g/mol. The molecule has 22 heavy (non-hydrogen) atoms. The molecule has 0 saturated carbocycles. The number of hydrogen-bond acceptors (Lipinski definition) is 3. The number of allylic oxidation sites excluding steroid dienone is 1. The largest absolute Gasteiger partial charge is 0.359 e. The summed E-state index contributed by atoms with van der Waals surface area (Å²) in [7, 11) is 0. The van der Waals surface area contributed by atoms with E-state index in [2.05, 4.69) is 29.8 Å². The summed E-state index contributed by atoms with van der Waals surface area (Å²) in [6.45, 7) is 6.51. The van der Waals surface area contributed by atoms with Gasteiger partial charge in [-0.3, -0.25) is 0 Å². The molecule has 0 spiro atoms. The summed E-state index contributed by atoms with van der Waals surface area (Å²) in [6.07, 6.45) is 15.1. The van der Waals surface area contributed by atoms with Crippen LogP contribution >= 0.6 is 0 Å². The summed E-state index contributed by atoms with van der Waals surface area (Å²) in [5.74, 6) is 2.22. The molecule has 0 atom stereocenters. The van der Waals surface area contributed by atoms with Crippen molar-refractivity contribution in [1.82, 2.24) is 9.71 Å². The highest BCUT2D eigenvalue weighted by molar-refractivity contribution is 6.65. The molecule has 5 heterocycles. The molecule has 118 valence electrons. The molecule has 4 heteroatoms. The van der Waals surface area contributed by atoms with Crippen LogP contribution in [0.25, 0.3) is 0 Å². The zero-order valence-corrected chi connectivity index (χ0v) is 14.1. The number of aliphatic imine (C=N–C) groups is 1. The van der Waals surface area contributed by atoms with E-state index < -0.39 is 0 Å². The first kappa shape index (κ1) is 13.5. The fourth-order valence-corrected chi connectivity index (χ4v) is 6.13. The molecule has 0 radical (unpaired) electrons. The summed E-state index contributed by atoms with van der Waals surface area (Å²) in [4.78, 5) is 10.4. The number of guanidine groups is 1. The quantitative estimate of drug-likeness (QED) is 0.623. The van der Waals surface area contributed by atoms with E-state index in [0.29, 0.717) is 5.31 Å². The molecule has 0 aromatic carbocycles. The number of rotatable bonds is 0. The maximum absolute atomic E-state index is 5.19. The number of fused-ring (bicyclic) bond motifs is 3. The summed E-state index contributed by atoms with van der Waals surface area (Å²) < 4.78 is 0. The molecule has 5 rings (SSSR count). The van der Waals surface area contributed by atoms with Gasteiger partial charge < -0.3 is 9.71 Å². The van der Waals surface area contributed by atoms with Gasteiger partial charge in [0.2, 0.25) is 0 Å². The van der Waals surface area contributed by atoms with Crippen LogP contribution in [0.1, 0.15) is 71.6 Å². The zero-order chi connectivity index (χ0) is 14.9. The van der Waals surface area contributed by atoms with Crippen LogP contribution in [0.4, 0.5) is 0 Å². The predicted molar refractivity (Wildman–Crippen MR) is 91.9 cm³/mol. The minimum atomic E-state index is 0.115. The van der Waals surface area contributed by atoms with Gasteiger partial charge in [0, 0.05) is 18.4 Å². The third kappa shape index (κ3) is 1.73. The Morgan fingerprint density at radius 3 is 2.68 bits per heavy atom. The minimum Gasteiger partial charge on any atom is -0.359 e. The van der Waals surface area contributed by atoms with Crippen molar-refractivity contribution in [3.63, 3.8) is 0 Å². The van der Waals surface area contributed by atoms with Gasteiger partial charge >= 0.3 is 0 Å². The highest BCUT2D eigenvalue weighted by Crippen LogP contribution is 2.63. The van der Waals surface area contributed by atoms with Crippen molar-refractivity contribution >= 4 is 12.8 Å². The third-order valence-corrected chi connectivity index (χ3v) is 7.18. The monoisotopic (exact) mass is 297 g/mol. The van der Waals surface area contributed by atoms with Crippen LogP contribution in [0.3, 0.4) is 0 Å². The summed E-state index contributed by atoms with van der Waals surface area (Å²) >= 11 is 0. The molecule has 0 unspecified atom stereocenters. The van der Waals surface area contributed by atoms with Crippen molar-refractivity contribution in [2.24, 2.45) is 4.99 Å². The van der Waals surface area contributed by atoms with Crippen molar-refractivity contribution in [2.45, 2.75) is 88.3 Å². The van der Waals surface area contributed by atoms with E-state index in [1.807, 2.05) is 0 Å². The van der Waals surface area contributed by atoms with Crippen molar-refractivity contribution in [3.05, 3.63) is 11.9 Å². The zero-order valence-electron chi connectivity index (χ0n) is 14.1. The van der Waals surface area contributed by atoms with E-state index in [0.717, 1.165) is 19.2 Å². The predicted octanol–water partition coefficient (Wildman–Crippen LogP) is 4.25. The summed E-state index contributed by atoms with van der Waals surface area (Å²) in [5, 5.41) is 0.610. The molecule has 3 saturated heterocycles. The Balaban J connectivity index is 1.60. The average Bonchev–Trinajstić information content (AvgIpc) is 2.83. The molecular weight excluding hydrogens is 269 g/mol. The van der Waals surface area contributed by atoms with Crippen LogP contribution < -0.4 is 0 Å². The molecule has 0 N–H and O–H groups in total. The molecule has 0 aromatic heterocycles. The van der Waals surface area contributed by atoms with E-state index in [-0.39, 0.29) is 5.54 Å². The van der Waals surface area contributed by atoms with Crippen molar-refractivity contribution in [2.75, 3.05) is 6.54 Å². The number of nitrogens with zero attached hydrogens (tertiary/aromatic N) is 3. The second kappa shape index (κ2) is 4.33. The molecule has 0 aliphatic carbocycles. The lowest BCUT2D eigenvalue weighted by atomic mass is 9.24. The fraction of sp³-hybridized carbons (Fsp3) is 0.833. The van der Waals surface area contributed by atoms with Gasteiger partial charge in [-0.2, -0.15) is 0 Å². The van der Waals surface area contributed by atoms with Gasteiger partial charge in [0.05, 0.1) is 5.54 Å². The molecule has 5 aliphatic heterocycles. The van der Waals surface area contributed by atoms with Gasteiger partial charge in [0.25, 0.3) is 6.85 Å². The second-order valence-corrected chi connectivity index (χ2v) is 9.01. The Hall–Kier alpha value is -0.925.